The summed E-state index contributed by atoms with van der Waals surface area (Å²) in [5, 5.41) is 10.1. The van der Waals surface area contributed by atoms with E-state index in [0.29, 0.717) is 24.2 Å². The fourth-order valence-corrected chi connectivity index (χ4v) is 8.09. The molecule has 0 bridgehead atoms. The summed E-state index contributed by atoms with van der Waals surface area (Å²) < 4.78 is 20.8. The number of hydrogen-bond donors (Lipinski definition) is 1. The second-order valence-corrected chi connectivity index (χ2v) is 10.6. The molecule has 0 aliphatic heterocycles. The van der Waals surface area contributed by atoms with Gasteiger partial charge in [0, 0.05) is 12.8 Å². The second-order valence-electron chi connectivity index (χ2n) is 10.6. The first-order chi connectivity index (χ1) is 13.2. The number of alkyl halides is 1. The molecule has 0 amide bonds. The topological polar surface area (TPSA) is 63.6 Å². The zero-order valence-corrected chi connectivity index (χ0v) is 17.5. The van der Waals surface area contributed by atoms with Crippen LogP contribution in [-0.2, 0) is 14.3 Å². The van der Waals surface area contributed by atoms with Gasteiger partial charge in [-0.05, 0) is 85.9 Å². The van der Waals surface area contributed by atoms with Gasteiger partial charge in [-0.15, -0.1) is 0 Å². The van der Waals surface area contributed by atoms with Crippen LogP contribution in [0.1, 0.15) is 72.1 Å². The van der Waals surface area contributed by atoms with E-state index in [4.69, 9.17) is 4.74 Å². The Morgan fingerprint density at radius 2 is 1.86 bits per heavy atom. The van der Waals surface area contributed by atoms with Gasteiger partial charge in [-0.25, -0.2) is 4.39 Å². The monoisotopic (exact) mass is 394 g/mol. The van der Waals surface area contributed by atoms with Crippen LogP contribution < -0.4 is 0 Å². The molecule has 0 aromatic rings. The zero-order chi connectivity index (χ0) is 20.3. The van der Waals surface area contributed by atoms with E-state index >= 15 is 4.39 Å². The minimum absolute atomic E-state index is 0.0251. The molecular weight excluding hydrogens is 359 g/mol. The average molecular weight is 395 g/mol. The lowest BCUT2D eigenvalue weighted by Gasteiger charge is -2.61. The highest BCUT2D eigenvalue weighted by Crippen LogP contribution is 2.68. The lowest BCUT2D eigenvalue weighted by atomic mass is 9.44. The summed E-state index contributed by atoms with van der Waals surface area (Å²) in [4.78, 5) is 23.9. The molecule has 0 spiro atoms. The zero-order valence-electron chi connectivity index (χ0n) is 17.5. The van der Waals surface area contributed by atoms with Gasteiger partial charge in [-0.3, -0.25) is 9.59 Å². The van der Waals surface area contributed by atoms with Crippen molar-refractivity contribution >= 4 is 11.8 Å². The molecule has 158 valence electrons. The molecule has 0 heterocycles. The number of ketones is 1. The number of aliphatic hydroxyl groups is 1. The predicted molar refractivity (Wildman–Crippen MR) is 103 cm³/mol. The summed E-state index contributed by atoms with van der Waals surface area (Å²) in [7, 11) is 0. The highest BCUT2D eigenvalue weighted by atomic mass is 19.1. The molecule has 4 rings (SSSR count). The molecule has 0 aromatic heterocycles. The smallest absolute Gasteiger partial charge is 0.303 e. The van der Waals surface area contributed by atoms with Crippen LogP contribution in [0.5, 0.6) is 0 Å². The van der Waals surface area contributed by atoms with Crippen molar-refractivity contribution in [1.82, 2.24) is 0 Å². The summed E-state index contributed by atoms with van der Waals surface area (Å²) in [6.07, 6.45) is 5.70. The minimum Gasteiger partial charge on any atom is -0.458 e. The fraction of sp³-hybridized carbons (Fsp3) is 0.913. The third-order valence-electron chi connectivity index (χ3n) is 9.33. The maximum absolute atomic E-state index is 15.8. The van der Waals surface area contributed by atoms with Crippen LogP contribution in [0.4, 0.5) is 4.39 Å². The Bertz CT molecular complexity index is 651. The van der Waals surface area contributed by atoms with Gasteiger partial charge < -0.3 is 9.84 Å². The summed E-state index contributed by atoms with van der Waals surface area (Å²) in [6.45, 7) is 5.53. The summed E-state index contributed by atoms with van der Waals surface area (Å²) >= 11 is 0. The third-order valence-corrected chi connectivity index (χ3v) is 9.33. The van der Waals surface area contributed by atoms with Crippen molar-refractivity contribution in [3.8, 4) is 0 Å². The van der Waals surface area contributed by atoms with Crippen LogP contribution >= 0.6 is 0 Å². The quantitative estimate of drug-likeness (QED) is 0.733. The van der Waals surface area contributed by atoms with Gasteiger partial charge in [0.2, 0.25) is 0 Å². The number of esters is 1. The number of fused-ring (bicyclic) bond motifs is 5. The number of Topliss-reactive ketones (excluding diaryl/α,β-unsaturated/α-hetero) is 1. The summed E-state index contributed by atoms with van der Waals surface area (Å²) in [5.41, 5.74) is -0.349. The molecule has 0 unspecified atom stereocenters. The van der Waals surface area contributed by atoms with Crippen molar-refractivity contribution in [3.05, 3.63) is 0 Å². The Morgan fingerprint density at radius 3 is 2.57 bits per heavy atom. The summed E-state index contributed by atoms with van der Waals surface area (Å²) in [6, 6.07) is 0. The Balaban J connectivity index is 1.57. The Labute approximate surface area is 167 Å². The second kappa shape index (κ2) is 7.07. The predicted octanol–water partition coefficient (Wildman–Crippen LogP) is 4.09. The third kappa shape index (κ3) is 3.03. The van der Waals surface area contributed by atoms with Crippen molar-refractivity contribution in [2.45, 2.75) is 84.4 Å². The number of carbonyl (C=O) groups excluding carboxylic acids is 2. The molecule has 4 aliphatic carbocycles. The number of hydrogen-bond acceptors (Lipinski definition) is 4. The van der Waals surface area contributed by atoms with Crippen molar-refractivity contribution in [1.29, 1.82) is 0 Å². The highest BCUT2D eigenvalue weighted by molar-refractivity contribution is 5.85. The number of aliphatic hydroxyl groups excluding tert-OH is 1. The fourth-order valence-electron chi connectivity index (χ4n) is 8.09. The van der Waals surface area contributed by atoms with Crippen molar-refractivity contribution in [3.63, 3.8) is 0 Å². The van der Waals surface area contributed by atoms with Gasteiger partial charge in [-0.1, -0.05) is 13.8 Å². The molecule has 4 fully saturated rings. The van der Waals surface area contributed by atoms with E-state index in [1.165, 1.54) is 6.92 Å². The van der Waals surface area contributed by atoms with Crippen LogP contribution in [0, 0.1) is 40.4 Å². The van der Waals surface area contributed by atoms with E-state index < -0.39 is 12.1 Å². The maximum atomic E-state index is 15.8. The molecule has 4 nitrogen and oxygen atoms in total. The first-order valence-electron chi connectivity index (χ1n) is 11.1. The lowest BCUT2D eigenvalue weighted by Crippen LogP contribution is -2.58. The normalized spacial score (nSPS) is 50.2. The molecule has 28 heavy (non-hydrogen) atoms. The number of halogens is 1. The van der Waals surface area contributed by atoms with Crippen LogP contribution in [0.3, 0.4) is 0 Å². The number of carbonyl (C=O) groups is 2. The van der Waals surface area contributed by atoms with Crippen LogP contribution in [0.15, 0.2) is 0 Å². The maximum Gasteiger partial charge on any atom is 0.303 e. The molecule has 0 aromatic carbocycles. The minimum atomic E-state index is -0.892. The SMILES string of the molecule is CC(=O)OCC(=O)[C@H]1CC[C@H]2[C@@H]3CC[C@H]4C[C@H](O)CC[C@]4(C)[C@H]3[C@H](F)C[C@]12C. The number of ether oxygens (including phenoxy) is 1. The molecule has 0 radical (unpaired) electrons. The van der Waals surface area contributed by atoms with Gasteiger partial charge >= 0.3 is 5.97 Å². The molecular formula is C23H35FO4. The van der Waals surface area contributed by atoms with Crippen molar-refractivity contribution < 1.29 is 23.8 Å². The van der Waals surface area contributed by atoms with E-state index in [2.05, 4.69) is 13.8 Å². The van der Waals surface area contributed by atoms with Crippen molar-refractivity contribution in [2.75, 3.05) is 6.61 Å². The van der Waals surface area contributed by atoms with E-state index in [-0.39, 0.29) is 41.2 Å². The first-order valence-corrected chi connectivity index (χ1v) is 11.1. The Hall–Kier alpha value is -0.970. The summed E-state index contributed by atoms with van der Waals surface area (Å²) in [5.74, 6) is 0.506. The average Bonchev–Trinajstić information content (AvgIpc) is 2.96. The standard InChI is InChI=1S/C23H35FO4/c1-13(25)28-12-20(27)18-7-6-17-16-5-4-14-10-15(26)8-9-22(14,2)21(16)19(24)11-23(17,18)3/h14-19,21,26H,4-12H2,1-3H3/t14-,15+,16-,17-,18+,19+,21+,22-,23-/m0/s1. The van der Waals surface area contributed by atoms with E-state index in [0.717, 1.165) is 44.9 Å². The van der Waals surface area contributed by atoms with Gasteiger partial charge in [0.05, 0.1) is 6.10 Å². The van der Waals surface area contributed by atoms with Crippen LogP contribution in [-0.4, -0.2) is 35.7 Å². The van der Waals surface area contributed by atoms with Crippen molar-refractivity contribution in [2.24, 2.45) is 40.4 Å². The van der Waals surface area contributed by atoms with E-state index in [1.54, 1.807) is 0 Å². The molecule has 9 atom stereocenters. The van der Waals surface area contributed by atoms with Gasteiger partial charge in [0.25, 0.3) is 0 Å². The molecule has 0 saturated heterocycles. The molecule has 5 heteroatoms. The van der Waals surface area contributed by atoms with Gasteiger partial charge in [0.15, 0.2) is 5.78 Å². The lowest BCUT2D eigenvalue weighted by molar-refractivity contribution is -0.164. The van der Waals surface area contributed by atoms with Crippen LogP contribution in [0.25, 0.3) is 0 Å². The highest BCUT2D eigenvalue weighted by Gasteiger charge is 2.64. The van der Waals surface area contributed by atoms with Gasteiger partial charge in [-0.2, -0.15) is 0 Å². The Morgan fingerprint density at radius 1 is 1.11 bits per heavy atom. The van der Waals surface area contributed by atoms with E-state index in [1.807, 2.05) is 0 Å². The van der Waals surface area contributed by atoms with E-state index in [9.17, 15) is 14.7 Å². The largest absolute Gasteiger partial charge is 0.458 e. The molecule has 4 aliphatic rings. The Kier molecular flexibility index (Phi) is 5.13. The van der Waals surface area contributed by atoms with Gasteiger partial charge in [0.1, 0.15) is 12.8 Å². The first kappa shape index (κ1) is 20.3. The number of rotatable bonds is 3. The molecule has 1 N–H and O–H groups in total. The molecule has 4 saturated carbocycles. The van der Waals surface area contributed by atoms with Crippen LogP contribution in [0.2, 0.25) is 0 Å².